The van der Waals surface area contributed by atoms with Gasteiger partial charge in [-0.2, -0.15) is 0 Å². The first-order valence-corrected chi connectivity index (χ1v) is 11.7. The van der Waals surface area contributed by atoms with Crippen molar-refractivity contribution in [3.05, 3.63) is 59.7 Å². The number of ether oxygens (including phenoxy) is 1. The summed E-state index contributed by atoms with van der Waals surface area (Å²) in [5.74, 6) is 3.64. The number of hydrogen-bond acceptors (Lipinski definition) is 1. The zero-order chi connectivity index (χ0) is 19.6. The fourth-order valence-electron chi connectivity index (χ4n) is 5.29. The van der Waals surface area contributed by atoms with Gasteiger partial charge in [0.1, 0.15) is 0 Å². The van der Waals surface area contributed by atoms with Crippen LogP contribution in [-0.2, 0) is 11.3 Å². The van der Waals surface area contributed by atoms with Crippen LogP contribution in [-0.4, -0.2) is 6.61 Å². The molecule has 2 fully saturated rings. The highest BCUT2D eigenvalue weighted by Gasteiger charge is 2.30. The highest BCUT2D eigenvalue weighted by atomic mass is 16.5. The van der Waals surface area contributed by atoms with Gasteiger partial charge >= 0.3 is 0 Å². The Bertz CT molecular complexity index is 596. The summed E-state index contributed by atoms with van der Waals surface area (Å²) < 4.78 is 5.66. The zero-order valence-corrected chi connectivity index (χ0v) is 18.1. The second-order valence-corrected chi connectivity index (χ2v) is 8.95. The van der Waals surface area contributed by atoms with E-state index in [1.807, 2.05) is 13.0 Å². The largest absolute Gasteiger partial charge is 0.373 e. The molecule has 0 amide bonds. The summed E-state index contributed by atoms with van der Waals surface area (Å²) in [6.07, 6.45) is 21.6. The Balaban J connectivity index is 1.41. The monoisotopic (exact) mass is 380 g/mol. The smallest absolute Gasteiger partial charge is 0.0721 e. The first kappa shape index (κ1) is 21.4. The number of rotatable bonds is 8. The lowest BCUT2D eigenvalue weighted by Crippen LogP contribution is -2.25. The average molecular weight is 381 g/mol. The average Bonchev–Trinajstić information content (AvgIpc) is 2.76. The van der Waals surface area contributed by atoms with Crippen LogP contribution in [0.1, 0.15) is 88.7 Å². The summed E-state index contributed by atoms with van der Waals surface area (Å²) in [6, 6.07) is 9.24. The lowest BCUT2D eigenvalue weighted by molar-refractivity contribution is 0.148. The van der Waals surface area contributed by atoms with Crippen molar-refractivity contribution >= 4 is 0 Å². The summed E-state index contributed by atoms with van der Waals surface area (Å²) in [6.45, 7) is 5.70. The fourth-order valence-corrected chi connectivity index (χ4v) is 5.29. The van der Waals surface area contributed by atoms with Crippen LogP contribution in [0, 0.1) is 17.8 Å². The summed E-state index contributed by atoms with van der Waals surface area (Å²) in [5.41, 5.74) is 2.83. The predicted octanol–water partition coefficient (Wildman–Crippen LogP) is 7.83. The van der Waals surface area contributed by atoms with Gasteiger partial charge in [-0.25, -0.2) is 0 Å². The summed E-state index contributed by atoms with van der Waals surface area (Å²) >= 11 is 0. The molecule has 2 saturated carbocycles. The van der Waals surface area contributed by atoms with E-state index < -0.39 is 0 Å². The third-order valence-electron chi connectivity index (χ3n) is 7.07. The molecule has 154 valence electrons. The molecule has 28 heavy (non-hydrogen) atoms. The van der Waals surface area contributed by atoms with Crippen molar-refractivity contribution < 1.29 is 4.74 Å². The first-order chi connectivity index (χ1) is 13.8. The maximum atomic E-state index is 5.66. The van der Waals surface area contributed by atoms with E-state index in [0.29, 0.717) is 13.2 Å². The van der Waals surface area contributed by atoms with Crippen molar-refractivity contribution in [1.82, 2.24) is 0 Å². The topological polar surface area (TPSA) is 9.23 Å². The lowest BCUT2D eigenvalue weighted by Gasteiger charge is -2.37. The molecular formula is C27H40O. The molecule has 0 saturated heterocycles. The fraction of sp³-hybridized carbons (Fsp3) is 0.630. The van der Waals surface area contributed by atoms with Gasteiger partial charge in [-0.05, 0) is 99.5 Å². The van der Waals surface area contributed by atoms with Crippen LogP contribution in [0.15, 0.2) is 48.6 Å². The third-order valence-corrected chi connectivity index (χ3v) is 7.07. The second-order valence-electron chi connectivity index (χ2n) is 8.95. The van der Waals surface area contributed by atoms with Crippen LogP contribution < -0.4 is 0 Å². The highest BCUT2D eigenvalue weighted by Crippen LogP contribution is 2.44. The lowest BCUT2D eigenvalue weighted by atomic mass is 9.68. The Kier molecular flexibility index (Phi) is 8.86. The van der Waals surface area contributed by atoms with E-state index in [1.165, 1.54) is 63.4 Å². The molecule has 3 rings (SSSR count). The van der Waals surface area contributed by atoms with Gasteiger partial charge in [0.05, 0.1) is 13.2 Å². The van der Waals surface area contributed by atoms with Crippen molar-refractivity contribution in [1.29, 1.82) is 0 Å². The van der Waals surface area contributed by atoms with Gasteiger partial charge in [0.25, 0.3) is 0 Å². The molecule has 0 spiro atoms. The number of hydrogen-bond donors (Lipinski definition) is 0. The minimum Gasteiger partial charge on any atom is -0.373 e. The quantitative estimate of drug-likeness (QED) is 0.330. The Labute approximate surface area is 173 Å². The molecule has 1 aromatic carbocycles. The molecule has 0 radical (unpaired) electrons. The van der Waals surface area contributed by atoms with Gasteiger partial charge in [-0.1, -0.05) is 55.5 Å². The van der Waals surface area contributed by atoms with Crippen molar-refractivity contribution in [2.24, 2.45) is 17.8 Å². The van der Waals surface area contributed by atoms with Gasteiger partial charge in [0.15, 0.2) is 0 Å². The minimum absolute atomic E-state index is 0.707. The Morgan fingerprint density at radius 2 is 1.50 bits per heavy atom. The molecule has 2 aliphatic carbocycles. The third kappa shape index (κ3) is 6.34. The molecule has 1 heteroatoms. The minimum atomic E-state index is 0.707. The molecule has 0 atom stereocenters. The van der Waals surface area contributed by atoms with Crippen molar-refractivity contribution in [2.75, 3.05) is 6.61 Å². The molecular weight excluding hydrogens is 340 g/mol. The Morgan fingerprint density at radius 3 is 2.11 bits per heavy atom. The van der Waals surface area contributed by atoms with Gasteiger partial charge in [0.2, 0.25) is 0 Å². The van der Waals surface area contributed by atoms with Crippen LogP contribution >= 0.6 is 0 Å². The molecule has 0 aromatic heterocycles. The molecule has 0 aliphatic heterocycles. The van der Waals surface area contributed by atoms with E-state index in [1.54, 1.807) is 5.56 Å². The standard InChI is InChI=1S/C27H40O/c1-3-5-7-22-8-12-24(13-9-22)26-16-18-27(19-17-26)25-14-10-23(11-15-25)21-28-20-6-4-2/h4-7,10-11,14-15,22,24,26-27H,3,8-9,12-13,16-21H2,1-2H3/b6-4+,7-5+. The van der Waals surface area contributed by atoms with E-state index in [-0.39, 0.29) is 0 Å². The summed E-state index contributed by atoms with van der Waals surface area (Å²) in [4.78, 5) is 0. The van der Waals surface area contributed by atoms with E-state index in [0.717, 1.165) is 23.7 Å². The van der Waals surface area contributed by atoms with Gasteiger partial charge < -0.3 is 4.74 Å². The van der Waals surface area contributed by atoms with Crippen molar-refractivity contribution in [2.45, 2.75) is 84.2 Å². The maximum absolute atomic E-state index is 5.66. The maximum Gasteiger partial charge on any atom is 0.0721 e. The van der Waals surface area contributed by atoms with Gasteiger partial charge in [-0.15, -0.1) is 0 Å². The van der Waals surface area contributed by atoms with Crippen LogP contribution in [0.4, 0.5) is 0 Å². The van der Waals surface area contributed by atoms with E-state index in [4.69, 9.17) is 4.74 Å². The van der Waals surface area contributed by atoms with Crippen LogP contribution in [0.2, 0.25) is 0 Å². The first-order valence-electron chi connectivity index (χ1n) is 11.7. The zero-order valence-electron chi connectivity index (χ0n) is 18.1. The predicted molar refractivity (Wildman–Crippen MR) is 120 cm³/mol. The molecule has 1 nitrogen and oxygen atoms in total. The van der Waals surface area contributed by atoms with Crippen molar-refractivity contribution in [3.8, 4) is 0 Å². The Morgan fingerprint density at radius 1 is 0.857 bits per heavy atom. The SMILES string of the molecule is C/C=C/COCc1ccc(C2CCC(C3CCC(/C=C/CC)CC3)CC2)cc1. The summed E-state index contributed by atoms with van der Waals surface area (Å²) in [5, 5.41) is 0. The van der Waals surface area contributed by atoms with Crippen molar-refractivity contribution in [3.63, 3.8) is 0 Å². The normalized spacial score (nSPS) is 28.9. The second kappa shape index (κ2) is 11.6. The van der Waals surface area contributed by atoms with Crippen LogP contribution in [0.25, 0.3) is 0 Å². The molecule has 2 aliphatic rings. The van der Waals surface area contributed by atoms with Crippen LogP contribution in [0.5, 0.6) is 0 Å². The van der Waals surface area contributed by atoms with Crippen LogP contribution in [0.3, 0.4) is 0 Å². The molecule has 1 aromatic rings. The van der Waals surface area contributed by atoms with E-state index >= 15 is 0 Å². The van der Waals surface area contributed by atoms with Gasteiger partial charge in [0, 0.05) is 0 Å². The number of benzene rings is 1. The Hall–Kier alpha value is -1.34. The molecule has 0 bridgehead atoms. The summed E-state index contributed by atoms with van der Waals surface area (Å²) in [7, 11) is 0. The molecule has 0 heterocycles. The van der Waals surface area contributed by atoms with E-state index in [9.17, 15) is 0 Å². The highest BCUT2D eigenvalue weighted by molar-refractivity contribution is 5.25. The molecule has 0 N–H and O–H groups in total. The number of allylic oxidation sites excluding steroid dienone is 3. The molecule has 0 unspecified atom stereocenters. The van der Waals surface area contributed by atoms with E-state index in [2.05, 4.69) is 49.4 Å². The van der Waals surface area contributed by atoms with Gasteiger partial charge in [-0.3, -0.25) is 0 Å².